The predicted octanol–water partition coefficient (Wildman–Crippen LogP) is 3.94. The van der Waals surface area contributed by atoms with Crippen LogP contribution in [0.15, 0.2) is 83.4 Å². The molecule has 8 heteroatoms. The first-order valence-corrected chi connectivity index (χ1v) is 11.4. The number of aromatic nitrogens is 4. The lowest BCUT2D eigenvalue weighted by atomic mass is 10.2. The smallest absolute Gasteiger partial charge is 0.291 e. The van der Waals surface area contributed by atoms with Gasteiger partial charge in [0.2, 0.25) is 0 Å². The summed E-state index contributed by atoms with van der Waals surface area (Å²) in [4.78, 5) is 18.4. The third-order valence-corrected chi connectivity index (χ3v) is 6.53. The number of nitrogens with one attached hydrogen (secondary N) is 1. The third kappa shape index (κ3) is 4.08. The van der Waals surface area contributed by atoms with Crippen molar-refractivity contribution in [2.24, 2.45) is 5.73 Å². The van der Waals surface area contributed by atoms with Crippen molar-refractivity contribution in [1.29, 1.82) is 5.41 Å². The number of nitrogens with two attached hydrogens (primary N) is 1. The molecule has 5 rings (SSSR count). The molecule has 33 heavy (non-hydrogen) atoms. The molecule has 5 aromatic rings. The Balaban J connectivity index is 1.68. The lowest BCUT2D eigenvalue weighted by Gasteiger charge is -2.09. The average molecular weight is 455 g/mol. The van der Waals surface area contributed by atoms with Gasteiger partial charge >= 0.3 is 0 Å². The lowest BCUT2D eigenvalue weighted by Crippen LogP contribution is -2.25. The molecular formula is C25H22N6OS. The molecule has 3 heterocycles. The molecule has 0 aliphatic carbocycles. The molecule has 0 saturated carbocycles. The Labute approximate surface area is 193 Å². The summed E-state index contributed by atoms with van der Waals surface area (Å²) in [6, 6.07) is 19.9. The normalized spacial score (nSPS) is 11.9. The molecule has 2 aromatic carbocycles. The third-order valence-electron chi connectivity index (χ3n) is 5.45. The van der Waals surface area contributed by atoms with E-state index in [1.54, 1.807) is 12.3 Å². The Bertz CT molecular complexity index is 1530. The summed E-state index contributed by atoms with van der Waals surface area (Å²) >= 11 is 1.51. The second-order valence-electron chi connectivity index (χ2n) is 7.77. The number of hydrogen-bond donors (Lipinski definition) is 2. The second kappa shape index (κ2) is 8.84. The van der Waals surface area contributed by atoms with Gasteiger partial charge < -0.3 is 15.7 Å². The van der Waals surface area contributed by atoms with Crippen LogP contribution >= 0.6 is 11.3 Å². The van der Waals surface area contributed by atoms with E-state index in [9.17, 15) is 4.79 Å². The zero-order valence-corrected chi connectivity index (χ0v) is 18.6. The second-order valence-corrected chi connectivity index (χ2v) is 8.86. The Morgan fingerprint density at radius 3 is 2.36 bits per heavy atom. The van der Waals surface area contributed by atoms with Crippen LogP contribution in [-0.2, 0) is 19.5 Å². The Kier molecular flexibility index (Phi) is 5.58. The molecule has 0 radical (unpaired) electrons. The quantitative estimate of drug-likeness (QED) is 0.364. The Hall–Kier alpha value is -4.04. The van der Waals surface area contributed by atoms with E-state index in [-0.39, 0.29) is 5.56 Å². The molecule has 0 amide bonds. The molecule has 0 aliphatic rings. The molecule has 0 saturated heterocycles. The van der Waals surface area contributed by atoms with Gasteiger partial charge in [0.25, 0.3) is 5.56 Å². The number of thiazole rings is 1. The number of benzene rings is 2. The van der Waals surface area contributed by atoms with Crippen LogP contribution in [-0.4, -0.2) is 25.5 Å². The maximum Gasteiger partial charge on any atom is 0.291 e. The summed E-state index contributed by atoms with van der Waals surface area (Å²) in [6.45, 7) is 0.934. The van der Waals surface area contributed by atoms with Gasteiger partial charge in [-0.05, 0) is 17.2 Å². The van der Waals surface area contributed by atoms with Crippen LogP contribution in [0.4, 0.5) is 0 Å². The monoisotopic (exact) mass is 454 g/mol. The number of rotatable bonds is 7. The van der Waals surface area contributed by atoms with Crippen molar-refractivity contribution in [3.63, 3.8) is 0 Å². The van der Waals surface area contributed by atoms with E-state index >= 15 is 0 Å². The van der Waals surface area contributed by atoms with Crippen molar-refractivity contribution in [2.75, 3.05) is 0 Å². The van der Waals surface area contributed by atoms with E-state index in [1.807, 2.05) is 65.2 Å². The number of fused-ring (bicyclic) bond motifs is 3. The maximum atomic E-state index is 13.6. The molecule has 0 bridgehead atoms. The van der Waals surface area contributed by atoms with Crippen LogP contribution < -0.4 is 11.3 Å². The van der Waals surface area contributed by atoms with Gasteiger partial charge in [-0.3, -0.25) is 4.79 Å². The summed E-state index contributed by atoms with van der Waals surface area (Å²) in [5, 5.41) is 13.3. The minimum atomic E-state index is -0.137. The van der Waals surface area contributed by atoms with Crippen molar-refractivity contribution in [1.82, 2.24) is 19.3 Å². The van der Waals surface area contributed by atoms with Gasteiger partial charge in [0, 0.05) is 30.3 Å². The van der Waals surface area contributed by atoms with Crippen LogP contribution in [0.5, 0.6) is 0 Å². The average Bonchev–Trinajstić information content (AvgIpc) is 3.35. The molecule has 0 aliphatic heterocycles. The Morgan fingerprint density at radius 2 is 1.70 bits per heavy atom. The van der Waals surface area contributed by atoms with E-state index in [1.165, 1.54) is 22.2 Å². The number of nitrogens with zero attached hydrogens (tertiary/aromatic N) is 4. The van der Waals surface area contributed by atoms with E-state index in [0.717, 1.165) is 31.9 Å². The van der Waals surface area contributed by atoms with Gasteiger partial charge in [0.05, 0.1) is 17.4 Å². The van der Waals surface area contributed by atoms with Gasteiger partial charge in [-0.2, -0.15) is 5.10 Å². The number of hydrogen-bond acceptors (Lipinski definition) is 6. The largest absolute Gasteiger partial charge is 0.402 e. The highest BCUT2D eigenvalue weighted by atomic mass is 32.1. The highest BCUT2D eigenvalue weighted by molar-refractivity contribution is 7.19. The highest BCUT2D eigenvalue weighted by Gasteiger charge is 2.20. The van der Waals surface area contributed by atoms with Gasteiger partial charge in [-0.25, -0.2) is 9.67 Å². The van der Waals surface area contributed by atoms with Gasteiger partial charge in [-0.15, -0.1) is 11.3 Å². The summed E-state index contributed by atoms with van der Waals surface area (Å²) in [6.07, 6.45) is 4.96. The molecule has 7 nitrogen and oxygen atoms in total. The van der Waals surface area contributed by atoms with Crippen LogP contribution in [0.25, 0.3) is 21.3 Å². The fourth-order valence-corrected chi connectivity index (χ4v) is 5.04. The van der Waals surface area contributed by atoms with Crippen molar-refractivity contribution in [3.05, 3.63) is 105 Å². The Morgan fingerprint density at radius 1 is 1.03 bits per heavy atom. The fourth-order valence-electron chi connectivity index (χ4n) is 3.93. The molecule has 0 unspecified atom stereocenters. The molecule has 3 aromatic heterocycles. The van der Waals surface area contributed by atoms with Crippen molar-refractivity contribution < 1.29 is 0 Å². The molecule has 3 N–H and O–H groups in total. The molecule has 0 atom stereocenters. The first-order valence-electron chi connectivity index (χ1n) is 10.5. The van der Waals surface area contributed by atoms with Crippen molar-refractivity contribution in [3.8, 4) is 0 Å². The lowest BCUT2D eigenvalue weighted by molar-refractivity contribution is 0.642. The van der Waals surface area contributed by atoms with E-state index in [0.29, 0.717) is 30.7 Å². The zero-order chi connectivity index (χ0) is 22.8. The minimum absolute atomic E-state index is 0.137. The standard InChI is InChI=1S/C25H22N6OS/c26-12-11-19(27)13-21-29-24-23(33-21)20-14-28-31(16-18-9-5-2-6-10-18)25(32)22(20)30(24)15-17-7-3-1-4-8-17/h1-12,14,26H,13,15-16,27H2. The maximum absolute atomic E-state index is 13.6. The molecular weight excluding hydrogens is 432 g/mol. The van der Waals surface area contributed by atoms with Gasteiger partial charge in [0.15, 0.2) is 5.65 Å². The molecule has 0 spiro atoms. The first kappa shape index (κ1) is 20.8. The zero-order valence-electron chi connectivity index (χ0n) is 17.8. The van der Waals surface area contributed by atoms with Gasteiger partial charge in [0.1, 0.15) is 10.5 Å². The van der Waals surface area contributed by atoms with Crippen LogP contribution in [0.1, 0.15) is 16.1 Å². The summed E-state index contributed by atoms with van der Waals surface area (Å²) < 4.78 is 4.42. The van der Waals surface area contributed by atoms with Gasteiger partial charge in [-0.1, -0.05) is 60.7 Å². The van der Waals surface area contributed by atoms with E-state index < -0.39 is 0 Å². The number of allylic oxidation sites excluding steroid dienone is 2. The summed E-state index contributed by atoms with van der Waals surface area (Å²) in [7, 11) is 0. The molecule has 164 valence electrons. The predicted molar refractivity (Wildman–Crippen MR) is 133 cm³/mol. The summed E-state index contributed by atoms with van der Waals surface area (Å²) in [5.74, 6) is 0. The fraction of sp³-hybridized carbons (Fsp3) is 0.120. The van der Waals surface area contributed by atoms with Crippen LogP contribution in [0.2, 0.25) is 0 Å². The highest BCUT2D eigenvalue weighted by Crippen LogP contribution is 2.32. The van der Waals surface area contributed by atoms with Crippen LogP contribution in [0, 0.1) is 5.41 Å². The van der Waals surface area contributed by atoms with E-state index in [2.05, 4.69) is 5.10 Å². The molecule has 0 fully saturated rings. The summed E-state index contributed by atoms with van der Waals surface area (Å²) in [5.41, 5.74) is 9.90. The topological polar surface area (TPSA) is 103 Å². The van der Waals surface area contributed by atoms with E-state index in [4.69, 9.17) is 16.1 Å². The SMILES string of the molecule is N=CC=C(N)Cc1nc2c(s1)c1cnn(Cc3ccccc3)c(=O)c1n2Cc1ccccc1. The minimum Gasteiger partial charge on any atom is -0.402 e. The van der Waals surface area contributed by atoms with Crippen molar-refractivity contribution >= 4 is 38.8 Å². The first-order chi connectivity index (χ1) is 16.1. The van der Waals surface area contributed by atoms with Crippen LogP contribution in [0.3, 0.4) is 0 Å². The van der Waals surface area contributed by atoms with Crippen molar-refractivity contribution in [2.45, 2.75) is 19.5 Å².